The minimum absolute atomic E-state index is 0.443. The summed E-state index contributed by atoms with van der Waals surface area (Å²) in [6, 6.07) is 3.95. The van der Waals surface area contributed by atoms with Gasteiger partial charge < -0.3 is 10.2 Å². The molecule has 1 aromatic rings. The molecular formula is C14H18BrF3N2. The first-order chi connectivity index (χ1) is 9.34. The van der Waals surface area contributed by atoms with Crippen LogP contribution in [0.1, 0.15) is 18.4 Å². The van der Waals surface area contributed by atoms with E-state index in [4.69, 9.17) is 0 Å². The second-order valence-corrected chi connectivity index (χ2v) is 6.27. The highest BCUT2D eigenvalue weighted by molar-refractivity contribution is 9.10. The fourth-order valence-electron chi connectivity index (χ4n) is 2.38. The third-order valence-corrected chi connectivity index (χ3v) is 4.12. The molecule has 6 heteroatoms. The highest BCUT2D eigenvalue weighted by Gasteiger charge is 2.31. The number of hydrogen-bond acceptors (Lipinski definition) is 2. The molecule has 0 aromatic heterocycles. The van der Waals surface area contributed by atoms with Crippen LogP contribution in [0, 0.1) is 5.92 Å². The second kappa shape index (κ2) is 6.35. The number of alkyl halides is 3. The predicted molar refractivity (Wildman–Crippen MR) is 77.9 cm³/mol. The number of halogens is 4. The Labute approximate surface area is 125 Å². The van der Waals surface area contributed by atoms with Crippen LogP contribution in [0.25, 0.3) is 0 Å². The van der Waals surface area contributed by atoms with Crippen molar-refractivity contribution in [3.05, 3.63) is 28.2 Å². The van der Waals surface area contributed by atoms with Gasteiger partial charge in [-0.2, -0.15) is 13.2 Å². The normalized spacial score (nSPS) is 18.2. The van der Waals surface area contributed by atoms with Gasteiger partial charge in [0.05, 0.1) is 5.56 Å². The highest BCUT2D eigenvalue weighted by Crippen LogP contribution is 2.33. The molecule has 1 aliphatic heterocycles. The van der Waals surface area contributed by atoms with Gasteiger partial charge in [0.2, 0.25) is 0 Å². The molecule has 0 saturated carbocycles. The van der Waals surface area contributed by atoms with E-state index in [0.29, 0.717) is 16.1 Å². The Balaban J connectivity index is 1.97. The molecule has 1 N–H and O–H groups in total. The Morgan fingerprint density at radius 3 is 2.50 bits per heavy atom. The zero-order valence-corrected chi connectivity index (χ0v) is 12.9. The first-order valence-corrected chi connectivity index (χ1v) is 7.44. The molecule has 1 aromatic carbocycles. The molecule has 0 unspecified atom stereocenters. The molecule has 2 rings (SSSR count). The highest BCUT2D eigenvalue weighted by atomic mass is 79.9. The van der Waals surface area contributed by atoms with Crippen LogP contribution in [0.15, 0.2) is 22.7 Å². The minimum Gasteiger partial charge on any atom is -0.385 e. The lowest BCUT2D eigenvalue weighted by Crippen LogP contribution is -2.32. The van der Waals surface area contributed by atoms with Crippen molar-refractivity contribution in [3.63, 3.8) is 0 Å². The number of benzene rings is 1. The minimum atomic E-state index is -4.31. The maximum absolute atomic E-state index is 12.7. The number of nitrogens with zero attached hydrogens (tertiary/aromatic N) is 1. The molecule has 0 spiro atoms. The molecule has 1 saturated heterocycles. The van der Waals surface area contributed by atoms with Crippen LogP contribution in [0.2, 0.25) is 0 Å². The summed E-state index contributed by atoms with van der Waals surface area (Å²) in [6.45, 7) is 2.83. The summed E-state index contributed by atoms with van der Waals surface area (Å²) in [4.78, 5) is 2.28. The predicted octanol–water partition coefficient (Wildman–Crippen LogP) is 4.22. The summed E-state index contributed by atoms with van der Waals surface area (Å²) in [5.74, 6) is 0.527. The van der Waals surface area contributed by atoms with Crippen LogP contribution in [0.5, 0.6) is 0 Å². The molecule has 0 amide bonds. The standard InChI is InChI=1S/C14H18BrF3N2/c1-20-4-2-10(3-5-20)9-19-13-7-11(14(16,17)18)6-12(15)8-13/h6-8,10,19H,2-5,9H2,1H3. The first kappa shape index (κ1) is 15.6. The average Bonchev–Trinajstić information content (AvgIpc) is 2.36. The number of anilines is 1. The summed E-state index contributed by atoms with van der Waals surface area (Å²) in [5, 5.41) is 3.13. The molecule has 0 atom stereocenters. The van der Waals surface area contributed by atoms with Gasteiger partial charge in [-0.1, -0.05) is 15.9 Å². The van der Waals surface area contributed by atoms with Crippen molar-refractivity contribution in [2.75, 3.05) is 32.0 Å². The van der Waals surface area contributed by atoms with E-state index in [1.807, 2.05) is 0 Å². The third-order valence-electron chi connectivity index (χ3n) is 3.66. The van der Waals surface area contributed by atoms with Crippen LogP contribution in [0.3, 0.4) is 0 Å². The monoisotopic (exact) mass is 350 g/mol. The van der Waals surface area contributed by atoms with Crippen LogP contribution in [0.4, 0.5) is 18.9 Å². The van der Waals surface area contributed by atoms with E-state index in [1.165, 1.54) is 6.07 Å². The van der Waals surface area contributed by atoms with Gasteiger partial charge in [0, 0.05) is 16.7 Å². The topological polar surface area (TPSA) is 15.3 Å². The fraction of sp³-hybridized carbons (Fsp3) is 0.571. The lowest BCUT2D eigenvalue weighted by Gasteiger charge is -2.29. The van der Waals surface area contributed by atoms with Gasteiger partial charge in [0.15, 0.2) is 0 Å². The van der Waals surface area contributed by atoms with Crippen molar-refractivity contribution in [2.45, 2.75) is 19.0 Å². The molecule has 20 heavy (non-hydrogen) atoms. The molecule has 112 valence electrons. The van der Waals surface area contributed by atoms with Crippen molar-refractivity contribution in [1.29, 1.82) is 0 Å². The average molecular weight is 351 g/mol. The summed E-state index contributed by atoms with van der Waals surface area (Å²) < 4.78 is 38.6. The zero-order chi connectivity index (χ0) is 14.8. The maximum Gasteiger partial charge on any atom is 0.416 e. The Kier molecular flexibility index (Phi) is 4.96. The quantitative estimate of drug-likeness (QED) is 0.877. The molecule has 0 bridgehead atoms. The first-order valence-electron chi connectivity index (χ1n) is 6.65. The second-order valence-electron chi connectivity index (χ2n) is 5.35. The van der Waals surface area contributed by atoms with E-state index in [1.54, 1.807) is 6.07 Å². The molecule has 0 radical (unpaired) electrons. The fourth-order valence-corrected chi connectivity index (χ4v) is 2.88. The molecule has 1 fully saturated rings. The van der Waals surface area contributed by atoms with Gasteiger partial charge in [0.25, 0.3) is 0 Å². The zero-order valence-electron chi connectivity index (χ0n) is 11.3. The van der Waals surface area contributed by atoms with E-state index in [0.717, 1.165) is 38.5 Å². The van der Waals surface area contributed by atoms with E-state index >= 15 is 0 Å². The van der Waals surface area contributed by atoms with Crippen LogP contribution in [-0.2, 0) is 6.18 Å². The number of piperidine rings is 1. The summed E-state index contributed by atoms with van der Waals surface area (Å²) in [5.41, 5.74) is -0.108. The van der Waals surface area contributed by atoms with Crippen molar-refractivity contribution in [3.8, 4) is 0 Å². The number of likely N-dealkylation sites (tertiary alicyclic amines) is 1. The summed E-state index contributed by atoms with van der Waals surface area (Å²) >= 11 is 3.13. The summed E-state index contributed by atoms with van der Waals surface area (Å²) in [6.07, 6.45) is -2.14. The van der Waals surface area contributed by atoms with E-state index in [9.17, 15) is 13.2 Å². The Morgan fingerprint density at radius 1 is 1.25 bits per heavy atom. The van der Waals surface area contributed by atoms with Crippen LogP contribution >= 0.6 is 15.9 Å². The van der Waals surface area contributed by atoms with Gasteiger partial charge in [-0.25, -0.2) is 0 Å². The van der Waals surface area contributed by atoms with Gasteiger partial charge in [-0.3, -0.25) is 0 Å². The Morgan fingerprint density at radius 2 is 1.90 bits per heavy atom. The van der Waals surface area contributed by atoms with E-state index in [-0.39, 0.29) is 0 Å². The van der Waals surface area contributed by atoms with Gasteiger partial charge >= 0.3 is 6.18 Å². The number of hydrogen-bond donors (Lipinski definition) is 1. The SMILES string of the molecule is CN1CCC(CNc2cc(Br)cc(C(F)(F)F)c2)CC1. The number of nitrogens with one attached hydrogen (secondary N) is 1. The van der Waals surface area contributed by atoms with Crippen LogP contribution in [-0.4, -0.2) is 31.6 Å². The Hall–Kier alpha value is -0.750. The molecule has 0 aliphatic carbocycles. The van der Waals surface area contributed by atoms with Gasteiger partial charge in [-0.15, -0.1) is 0 Å². The smallest absolute Gasteiger partial charge is 0.385 e. The summed E-state index contributed by atoms with van der Waals surface area (Å²) in [7, 11) is 2.09. The molecule has 1 heterocycles. The number of rotatable bonds is 3. The van der Waals surface area contributed by atoms with Crippen molar-refractivity contribution < 1.29 is 13.2 Å². The lowest BCUT2D eigenvalue weighted by atomic mass is 9.97. The van der Waals surface area contributed by atoms with Gasteiger partial charge in [-0.05, 0) is 57.1 Å². The van der Waals surface area contributed by atoms with Gasteiger partial charge in [0.1, 0.15) is 0 Å². The maximum atomic E-state index is 12.7. The third kappa shape index (κ3) is 4.38. The molecule has 1 aliphatic rings. The lowest BCUT2D eigenvalue weighted by molar-refractivity contribution is -0.137. The Bertz CT molecular complexity index is 454. The van der Waals surface area contributed by atoms with Crippen molar-refractivity contribution in [1.82, 2.24) is 4.90 Å². The van der Waals surface area contributed by atoms with Crippen molar-refractivity contribution in [2.24, 2.45) is 5.92 Å². The van der Waals surface area contributed by atoms with Crippen LogP contribution < -0.4 is 5.32 Å². The van der Waals surface area contributed by atoms with Crippen molar-refractivity contribution >= 4 is 21.6 Å². The largest absolute Gasteiger partial charge is 0.416 e. The van der Waals surface area contributed by atoms with E-state index < -0.39 is 11.7 Å². The molecular weight excluding hydrogens is 333 g/mol. The molecule has 2 nitrogen and oxygen atoms in total. The van der Waals surface area contributed by atoms with E-state index in [2.05, 4.69) is 33.2 Å².